The van der Waals surface area contributed by atoms with Gasteiger partial charge in [0.25, 0.3) is 0 Å². The lowest BCUT2D eigenvalue weighted by molar-refractivity contribution is 0.0901. The number of ether oxygens (including phenoxy) is 2. The molecule has 1 aliphatic rings. The molecule has 3 rings (SSSR count). The maximum absolute atomic E-state index is 13.0. The maximum Gasteiger partial charge on any atom is 0.243 e. The number of aromatic nitrogens is 1. The lowest BCUT2D eigenvalue weighted by Crippen LogP contribution is -2.49. The Kier molecular flexibility index (Phi) is 6.54. The number of sulfonamides is 1. The van der Waals surface area contributed by atoms with Gasteiger partial charge < -0.3 is 14.0 Å². The molecule has 8 nitrogen and oxygen atoms in total. The van der Waals surface area contributed by atoms with Gasteiger partial charge in [0.15, 0.2) is 17.3 Å². The molecular formula is C21H29N3O5S. The first-order valence-corrected chi connectivity index (χ1v) is 11.2. The third-order valence-corrected chi connectivity index (χ3v) is 7.66. The number of hydrogen-bond acceptors (Lipinski definition) is 6. The number of carbonyl (C=O) groups excluding carboxylic acids is 1. The van der Waals surface area contributed by atoms with E-state index in [0.29, 0.717) is 37.7 Å². The molecule has 0 radical (unpaired) electrons. The Morgan fingerprint density at radius 2 is 1.63 bits per heavy atom. The molecule has 1 aliphatic heterocycles. The molecule has 0 aliphatic carbocycles. The molecule has 1 fully saturated rings. The zero-order valence-electron chi connectivity index (χ0n) is 18.1. The summed E-state index contributed by atoms with van der Waals surface area (Å²) in [6.07, 6.45) is 0. The van der Waals surface area contributed by atoms with E-state index < -0.39 is 10.0 Å². The average Bonchev–Trinajstić information content (AvgIpc) is 3.01. The van der Waals surface area contributed by atoms with Gasteiger partial charge in [0.2, 0.25) is 10.0 Å². The number of hydrogen-bond donors (Lipinski definition) is 0. The Balaban J connectivity index is 1.66. The molecule has 30 heavy (non-hydrogen) atoms. The van der Waals surface area contributed by atoms with E-state index in [1.54, 1.807) is 6.07 Å². The highest BCUT2D eigenvalue weighted by Gasteiger charge is 2.30. The zero-order chi connectivity index (χ0) is 22.1. The van der Waals surface area contributed by atoms with Gasteiger partial charge in [-0.3, -0.25) is 9.69 Å². The Bertz CT molecular complexity index is 1040. The van der Waals surface area contributed by atoms with E-state index in [9.17, 15) is 13.2 Å². The van der Waals surface area contributed by atoms with Gasteiger partial charge >= 0.3 is 0 Å². The molecule has 0 amide bonds. The smallest absolute Gasteiger partial charge is 0.243 e. The first-order chi connectivity index (χ1) is 14.2. The van der Waals surface area contributed by atoms with Crippen LogP contribution in [-0.4, -0.2) is 74.9 Å². The summed E-state index contributed by atoms with van der Waals surface area (Å²) in [6, 6.07) is 6.50. The first kappa shape index (κ1) is 22.3. The summed E-state index contributed by atoms with van der Waals surface area (Å²) < 4.78 is 39.9. The van der Waals surface area contributed by atoms with Crippen molar-refractivity contribution in [1.82, 2.24) is 13.8 Å². The quantitative estimate of drug-likeness (QED) is 0.618. The molecule has 0 unspecified atom stereocenters. The van der Waals surface area contributed by atoms with Gasteiger partial charge in [0, 0.05) is 56.2 Å². The summed E-state index contributed by atoms with van der Waals surface area (Å²) in [7, 11) is 1.27. The average molecular weight is 436 g/mol. The number of aryl methyl sites for hydroxylation is 1. The van der Waals surface area contributed by atoms with Crippen molar-refractivity contribution in [2.45, 2.75) is 18.7 Å². The highest BCUT2D eigenvalue weighted by Crippen LogP contribution is 2.31. The molecule has 0 atom stereocenters. The molecule has 9 heteroatoms. The molecule has 0 N–H and O–H groups in total. The molecule has 2 heterocycles. The van der Waals surface area contributed by atoms with E-state index >= 15 is 0 Å². The summed E-state index contributed by atoms with van der Waals surface area (Å²) in [6.45, 7) is 5.86. The summed E-state index contributed by atoms with van der Waals surface area (Å²) in [5, 5.41) is 0. The molecule has 0 bridgehead atoms. The summed E-state index contributed by atoms with van der Waals surface area (Å²) in [5.74, 6) is 0.912. The highest BCUT2D eigenvalue weighted by atomic mass is 32.2. The predicted molar refractivity (Wildman–Crippen MR) is 114 cm³/mol. The summed E-state index contributed by atoms with van der Waals surface area (Å²) in [5.41, 5.74) is 2.73. The van der Waals surface area contributed by atoms with Gasteiger partial charge in [0.05, 0.1) is 25.7 Å². The first-order valence-electron chi connectivity index (χ1n) is 9.79. The number of benzene rings is 1. The van der Waals surface area contributed by atoms with Gasteiger partial charge in [-0.2, -0.15) is 4.31 Å². The molecule has 0 spiro atoms. The second kappa shape index (κ2) is 8.79. The number of Topliss-reactive ketones (excluding diaryl/α,β-unsaturated/α-hetero) is 1. The standard InChI is InChI=1S/C21H29N3O5S/c1-15-12-18(16(2)22(15)3)19(25)14-23-8-10-24(11-9-23)30(26,27)17-6-7-20(28-4)21(13-17)29-5/h6-7,12-13H,8-11,14H2,1-5H3. The van der Waals surface area contributed by atoms with Crippen molar-refractivity contribution in [1.29, 1.82) is 0 Å². The van der Waals surface area contributed by atoms with Crippen LogP contribution in [0.4, 0.5) is 0 Å². The molecule has 1 saturated heterocycles. The second-order valence-electron chi connectivity index (χ2n) is 7.46. The van der Waals surface area contributed by atoms with Crippen LogP contribution in [-0.2, 0) is 17.1 Å². The van der Waals surface area contributed by atoms with Crippen LogP contribution in [0.25, 0.3) is 0 Å². The summed E-state index contributed by atoms with van der Waals surface area (Å²) >= 11 is 0. The Labute approximate surface area is 178 Å². The van der Waals surface area contributed by atoms with E-state index in [1.807, 2.05) is 36.4 Å². The lowest BCUT2D eigenvalue weighted by Gasteiger charge is -2.33. The third-order valence-electron chi connectivity index (χ3n) is 5.77. The fourth-order valence-corrected chi connectivity index (χ4v) is 5.12. The van der Waals surface area contributed by atoms with Gasteiger partial charge in [-0.05, 0) is 32.0 Å². The van der Waals surface area contributed by atoms with Crippen LogP contribution in [0.1, 0.15) is 21.7 Å². The Morgan fingerprint density at radius 1 is 1.00 bits per heavy atom. The van der Waals surface area contributed by atoms with Crippen molar-refractivity contribution < 1.29 is 22.7 Å². The predicted octanol–water partition coefficient (Wildman–Crippen LogP) is 1.85. The van der Waals surface area contributed by atoms with Crippen LogP contribution in [0, 0.1) is 13.8 Å². The number of ketones is 1. The van der Waals surface area contributed by atoms with Gasteiger partial charge in [-0.15, -0.1) is 0 Å². The molecule has 164 valence electrons. The fraction of sp³-hybridized carbons (Fsp3) is 0.476. The van der Waals surface area contributed by atoms with E-state index in [1.165, 1.54) is 30.7 Å². The fourth-order valence-electron chi connectivity index (χ4n) is 3.68. The van der Waals surface area contributed by atoms with Crippen molar-refractivity contribution in [3.05, 3.63) is 41.2 Å². The minimum Gasteiger partial charge on any atom is -0.493 e. The van der Waals surface area contributed by atoms with Crippen LogP contribution in [0.3, 0.4) is 0 Å². The van der Waals surface area contributed by atoms with Crippen LogP contribution in [0.2, 0.25) is 0 Å². The van der Waals surface area contributed by atoms with E-state index in [-0.39, 0.29) is 17.2 Å². The van der Waals surface area contributed by atoms with Crippen LogP contribution < -0.4 is 9.47 Å². The topological polar surface area (TPSA) is 81.1 Å². The molecule has 0 saturated carbocycles. The molecule has 1 aromatic heterocycles. The van der Waals surface area contributed by atoms with Crippen molar-refractivity contribution in [3.63, 3.8) is 0 Å². The Hall–Kier alpha value is -2.36. The van der Waals surface area contributed by atoms with Crippen molar-refractivity contribution >= 4 is 15.8 Å². The number of rotatable bonds is 7. The molecule has 1 aromatic carbocycles. The maximum atomic E-state index is 13.0. The van der Waals surface area contributed by atoms with E-state index in [2.05, 4.69) is 0 Å². The monoisotopic (exact) mass is 435 g/mol. The van der Waals surface area contributed by atoms with E-state index in [4.69, 9.17) is 9.47 Å². The summed E-state index contributed by atoms with van der Waals surface area (Å²) in [4.78, 5) is 14.9. The molecular weight excluding hydrogens is 406 g/mol. The van der Waals surface area contributed by atoms with Crippen LogP contribution >= 0.6 is 0 Å². The highest BCUT2D eigenvalue weighted by molar-refractivity contribution is 7.89. The SMILES string of the molecule is COc1ccc(S(=O)(=O)N2CCN(CC(=O)c3cc(C)n(C)c3C)CC2)cc1OC. The second-order valence-corrected chi connectivity index (χ2v) is 9.40. The van der Waals surface area contributed by atoms with Gasteiger partial charge in [-0.25, -0.2) is 8.42 Å². The van der Waals surface area contributed by atoms with Crippen molar-refractivity contribution in [2.75, 3.05) is 46.9 Å². The van der Waals surface area contributed by atoms with Gasteiger partial charge in [0.1, 0.15) is 0 Å². The van der Waals surface area contributed by atoms with Crippen LogP contribution in [0.15, 0.2) is 29.2 Å². The normalized spacial score (nSPS) is 15.9. The third kappa shape index (κ3) is 4.23. The Morgan fingerprint density at radius 3 is 2.17 bits per heavy atom. The number of piperazine rings is 1. The van der Waals surface area contributed by atoms with Crippen molar-refractivity contribution in [2.24, 2.45) is 7.05 Å². The van der Waals surface area contributed by atoms with Crippen LogP contribution in [0.5, 0.6) is 11.5 Å². The molecule has 2 aromatic rings. The minimum absolute atomic E-state index is 0.0624. The number of methoxy groups -OCH3 is 2. The number of carbonyl (C=O) groups is 1. The largest absolute Gasteiger partial charge is 0.493 e. The zero-order valence-corrected chi connectivity index (χ0v) is 19.0. The van der Waals surface area contributed by atoms with E-state index in [0.717, 1.165) is 17.0 Å². The van der Waals surface area contributed by atoms with Gasteiger partial charge in [-0.1, -0.05) is 0 Å². The minimum atomic E-state index is -3.65. The van der Waals surface area contributed by atoms with Crippen molar-refractivity contribution in [3.8, 4) is 11.5 Å². The lowest BCUT2D eigenvalue weighted by atomic mass is 10.1. The number of nitrogens with zero attached hydrogens (tertiary/aromatic N) is 3.